The first-order chi connectivity index (χ1) is 18.7. The normalized spacial score (nSPS) is 19.1. The van der Waals surface area contributed by atoms with Crippen molar-refractivity contribution in [2.45, 2.75) is 37.2 Å². The second kappa shape index (κ2) is 12.8. The number of benzene rings is 1. The van der Waals surface area contributed by atoms with Gasteiger partial charge < -0.3 is 14.8 Å². The molecule has 2 aliphatic heterocycles. The lowest BCUT2D eigenvalue weighted by molar-refractivity contribution is -1.16. The number of hydrogen-bond acceptors (Lipinski definition) is 7. The number of nitrogens with one attached hydrogen (secondary N) is 1. The van der Waals surface area contributed by atoms with Crippen molar-refractivity contribution in [3.63, 3.8) is 0 Å². The Labute approximate surface area is 226 Å². The first kappa shape index (κ1) is 26.7. The van der Waals surface area contributed by atoms with Crippen LogP contribution in [0.3, 0.4) is 0 Å². The zero-order valence-electron chi connectivity index (χ0n) is 21.2. The van der Waals surface area contributed by atoms with E-state index in [4.69, 9.17) is 15.4 Å². The van der Waals surface area contributed by atoms with Crippen LogP contribution in [0.4, 0.5) is 0 Å². The van der Waals surface area contributed by atoms with E-state index in [0.29, 0.717) is 39.4 Å². The molecule has 0 bridgehead atoms. The summed E-state index contributed by atoms with van der Waals surface area (Å²) >= 11 is 1.01. The van der Waals surface area contributed by atoms with Gasteiger partial charge in [-0.05, 0) is 29.8 Å². The Bertz CT molecular complexity index is 1180. The predicted octanol–water partition coefficient (Wildman–Crippen LogP) is 1.68. The van der Waals surface area contributed by atoms with Crippen molar-refractivity contribution >= 4 is 17.9 Å². The highest BCUT2D eigenvalue weighted by Crippen LogP contribution is 2.33. The minimum atomic E-state index is -0.0525. The quantitative estimate of drug-likeness (QED) is 0.0802. The summed E-state index contributed by atoms with van der Waals surface area (Å²) in [6.45, 7) is 5.35. The molecule has 0 aliphatic carbocycles. The van der Waals surface area contributed by atoms with Crippen LogP contribution in [0.15, 0.2) is 78.0 Å². The van der Waals surface area contributed by atoms with E-state index in [9.17, 15) is 4.79 Å². The molecular formula is C27H34N5O5S+3. The number of carbonyl (C=O) groups is 1. The molecule has 0 atom stereocenters. The van der Waals surface area contributed by atoms with Gasteiger partial charge in [0.05, 0.1) is 38.5 Å². The van der Waals surface area contributed by atoms with Gasteiger partial charge in [0.25, 0.3) is 0 Å². The lowest BCUT2D eigenvalue weighted by Crippen LogP contribution is -2.62. The van der Waals surface area contributed by atoms with Crippen molar-refractivity contribution < 1.29 is 37.2 Å². The minimum Gasteiger partial charge on any atom is -0.379 e. The van der Waals surface area contributed by atoms with Crippen LogP contribution >= 0.6 is 12.0 Å². The van der Waals surface area contributed by atoms with Gasteiger partial charge in [0.15, 0.2) is 25.5 Å². The molecule has 200 valence electrons. The van der Waals surface area contributed by atoms with Crippen LogP contribution in [0.5, 0.6) is 0 Å². The van der Waals surface area contributed by atoms with E-state index in [0.717, 1.165) is 46.6 Å². The Morgan fingerprint density at radius 1 is 0.921 bits per heavy atom. The van der Waals surface area contributed by atoms with Crippen LogP contribution in [0.25, 0.3) is 0 Å². The summed E-state index contributed by atoms with van der Waals surface area (Å²) in [5, 5.41) is 2.90. The Kier molecular flexibility index (Phi) is 8.97. The van der Waals surface area contributed by atoms with Gasteiger partial charge in [-0.2, -0.15) is 10.4 Å². The number of carbonyl (C=O) groups excluding carboxylic acids is 1. The first-order valence-corrected chi connectivity index (χ1v) is 13.5. The standard InChI is InChI=1S/C27H33N5O5S/c28-36-37-38-25-9-7-22(8-10-25)19-29-26(33)11-15-34-17-18-35-16-14-32-20-23-5-1-3-12-30(23)27(32)31-13-4-2-6-24(31)21-32/h1-10,12-13,27H,11,14-21,28H2/q+2/p+1. The maximum atomic E-state index is 12.1. The molecule has 0 spiro atoms. The third-order valence-electron chi connectivity index (χ3n) is 7.01. The number of nitrogens with two attached hydrogens (primary N) is 1. The highest BCUT2D eigenvalue weighted by molar-refractivity contribution is 7.94. The summed E-state index contributed by atoms with van der Waals surface area (Å²) in [6.07, 6.45) is 4.91. The number of pyridine rings is 2. The molecule has 0 fully saturated rings. The number of hydrogen-bond donors (Lipinski definition) is 2. The van der Waals surface area contributed by atoms with Gasteiger partial charge >= 0.3 is 6.29 Å². The van der Waals surface area contributed by atoms with Gasteiger partial charge in [0.2, 0.25) is 17.3 Å². The SMILES string of the molecule is NOOSc1ccc(CNC(=O)CCOCCOCC[N+]23Cc4cccc[n+]4C2[n+]2ccccc2C3)cc1. The van der Waals surface area contributed by atoms with Crippen molar-refractivity contribution in [2.24, 2.45) is 5.90 Å². The van der Waals surface area contributed by atoms with Crippen molar-refractivity contribution in [2.75, 3.05) is 33.0 Å². The second-order valence-corrected chi connectivity index (χ2v) is 10.2. The van der Waals surface area contributed by atoms with Gasteiger partial charge in [-0.15, -0.1) is 9.32 Å². The van der Waals surface area contributed by atoms with E-state index >= 15 is 0 Å². The van der Waals surface area contributed by atoms with E-state index in [1.807, 2.05) is 24.3 Å². The van der Waals surface area contributed by atoms with Crippen molar-refractivity contribution in [1.29, 1.82) is 0 Å². The molecule has 0 saturated heterocycles. The van der Waals surface area contributed by atoms with E-state index < -0.39 is 0 Å². The van der Waals surface area contributed by atoms with Crippen LogP contribution in [0.2, 0.25) is 0 Å². The Morgan fingerprint density at radius 3 is 2.24 bits per heavy atom. The molecule has 4 heterocycles. The Morgan fingerprint density at radius 2 is 1.58 bits per heavy atom. The van der Waals surface area contributed by atoms with Crippen LogP contribution in [0.1, 0.15) is 29.7 Å². The van der Waals surface area contributed by atoms with Crippen LogP contribution < -0.4 is 20.3 Å². The highest BCUT2D eigenvalue weighted by atomic mass is 32.2. The molecule has 0 saturated carbocycles. The lowest BCUT2D eigenvalue weighted by atomic mass is 10.2. The fourth-order valence-electron chi connectivity index (χ4n) is 5.24. The number of quaternary nitrogens is 1. The summed E-state index contributed by atoms with van der Waals surface area (Å²) in [5.74, 6) is 4.77. The summed E-state index contributed by atoms with van der Waals surface area (Å²) in [6, 6.07) is 20.4. The summed E-state index contributed by atoms with van der Waals surface area (Å²) in [7, 11) is 0. The van der Waals surface area contributed by atoms with Gasteiger partial charge in [0.1, 0.15) is 6.54 Å². The molecular weight excluding hydrogens is 506 g/mol. The third kappa shape index (κ3) is 6.21. The maximum Gasteiger partial charge on any atom is 0.484 e. The third-order valence-corrected chi connectivity index (χ3v) is 7.62. The van der Waals surface area contributed by atoms with Gasteiger partial charge in [-0.3, -0.25) is 4.79 Å². The van der Waals surface area contributed by atoms with Crippen molar-refractivity contribution in [3.8, 4) is 0 Å². The summed E-state index contributed by atoms with van der Waals surface area (Å²) < 4.78 is 21.9. The number of rotatable bonds is 14. The molecule has 1 amide bonds. The van der Waals surface area contributed by atoms with Crippen LogP contribution in [-0.2, 0) is 43.2 Å². The fraction of sp³-hybridized carbons (Fsp3) is 0.370. The number of nitrogens with zero attached hydrogens (tertiary/aromatic N) is 3. The molecule has 0 unspecified atom stereocenters. The van der Waals surface area contributed by atoms with Crippen molar-refractivity contribution in [3.05, 3.63) is 90.0 Å². The van der Waals surface area contributed by atoms with E-state index in [-0.39, 0.29) is 12.2 Å². The Hall–Kier alpha value is -2.90. The first-order valence-electron chi connectivity index (χ1n) is 12.7. The number of ether oxygens (including phenoxy) is 2. The molecule has 0 radical (unpaired) electrons. The molecule has 11 heteroatoms. The largest absolute Gasteiger partial charge is 0.484 e. The zero-order valence-corrected chi connectivity index (χ0v) is 22.1. The molecule has 2 aliphatic rings. The molecule has 3 aromatic rings. The predicted molar refractivity (Wildman–Crippen MR) is 137 cm³/mol. The topological polar surface area (TPSA) is 99.8 Å². The average molecular weight is 541 g/mol. The van der Waals surface area contributed by atoms with Crippen LogP contribution in [-0.4, -0.2) is 43.4 Å². The smallest absolute Gasteiger partial charge is 0.379 e. The Balaban J connectivity index is 0.977. The summed E-state index contributed by atoms with van der Waals surface area (Å²) in [5.41, 5.74) is 3.69. The number of amides is 1. The minimum absolute atomic E-state index is 0.0525. The number of aromatic nitrogens is 2. The molecule has 10 nitrogen and oxygen atoms in total. The van der Waals surface area contributed by atoms with E-state index in [2.05, 4.69) is 72.6 Å². The molecule has 38 heavy (non-hydrogen) atoms. The van der Waals surface area contributed by atoms with Crippen LogP contribution in [0, 0.1) is 0 Å². The zero-order chi connectivity index (χ0) is 26.2. The van der Waals surface area contributed by atoms with E-state index in [1.54, 1.807) is 0 Å². The second-order valence-electron chi connectivity index (χ2n) is 9.45. The van der Waals surface area contributed by atoms with Gasteiger partial charge in [-0.1, -0.05) is 21.3 Å². The van der Waals surface area contributed by atoms with Gasteiger partial charge in [-0.25, -0.2) is 0 Å². The monoisotopic (exact) mass is 540 g/mol. The lowest BCUT2D eigenvalue weighted by Gasteiger charge is -2.24. The molecule has 3 N–H and O–H groups in total. The fourth-order valence-corrected chi connectivity index (χ4v) is 5.61. The molecule has 2 aromatic heterocycles. The average Bonchev–Trinajstić information content (AvgIpc) is 3.43. The van der Waals surface area contributed by atoms with E-state index in [1.165, 1.54) is 11.4 Å². The molecule has 1 aromatic carbocycles. The maximum absolute atomic E-state index is 12.1. The number of fused-ring (bicyclic) bond motifs is 5. The van der Waals surface area contributed by atoms with Crippen molar-refractivity contribution in [1.82, 2.24) is 5.32 Å². The highest BCUT2D eigenvalue weighted by Gasteiger charge is 2.64. The summed E-state index contributed by atoms with van der Waals surface area (Å²) in [4.78, 5) is 17.0. The van der Waals surface area contributed by atoms with Gasteiger partial charge in [0, 0.05) is 42.1 Å². The molecule has 5 rings (SSSR count).